The van der Waals surface area contributed by atoms with Crippen LogP contribution in [0.15, 0.2) is 41.3 Å². The van der Waals surface area contributed by atoms with Crippen molar-refractivity contribution in [2.45, 2.75) is 49.6 Å². The molecule has 3 rings (SSSR count). The maximum absolute atomic E-state index is 13.3. The Balaban J connectivity index is 1.56. The van der Waals surface area contributed by atoms with Gasteiger partial charge in [-0.05, 0) is 68.5 Å². The second-order valence-corrected chi connectivity index (χ2v) is 8.14. The van der Waals surface area contributed by atoms with Crippen LogP contribution in [0.25, 0.3) is 0 Å². The molecule has 29 heavy (non-hydrogen) atoms. The summed E-state index contributed by atoms with van der Waals surface area (Å²) in [4.78, 5) is 12.7. The van der Waals surface area contributed by atoms with Crippen LogP contribution < -0.4 is 14.8 Å². The number of thioether (sulfide) groups is 1. The van der Waals surface area contributed by atoms with Gasteiger partial charge in [-0.1, -0.05) is 6.07 Å². The quantitative estimate of drug-likeness (QED) is 0.591. The van der Waals surface area contributed by atoms with Gasteiger partial charge in [0.15, 0.2) is 23.1 Å². The van der Waals surface area contributed by atoms with Gasteiger partial charge in [-0.25, -0.2) is 8.78 Å². The minimum Gasteiger partial charge on any atom is -0.493 e. The van der Waals surface area contributed by atoms with Crippen LogP contribution in [0.1, 0.15) is 44.2 Å². The lowest BCUT2D eigenvalue weighted by Crippen LogP contribution is -2.28. The summed E-state index contributed by atoms with van der Waals surface area (Å²) in [6.07, 6.45) is 4.74. The highest BCUT2D eigenvalue weighted by atomic mass is 32.2. The number of rotatable bonds is 8. The molecule has 1 amide bonds. The molecule has 0 aliphatic heterocycles. The van der Waals surface area contributed by atoms with Crippen LogP contribution in [-0.2, 0) is 4.79 Å². The predicted molar refractivity (Wildman–Crippen MR) is 110 cm³/mol. The highest BCUT2D eigenvalue weighted by Crippen LogP contribution is 2.33. The van der Waals surface area contributed by atoms with E-state index in [0.717, 1.165) is 48.0 Å². The first-order valence-corrected chi connectivity index (χ1v) is 10.7. The molecule has 2 aromatic rings. The third kappa shape index (κ3) is 5.85. The van der Waals surface area contributed by atoms with E-state index in [1.807, 2.05) is 25.1 Å². The molecule has 1 N–H and O–H groups in total. The normalized spacial score (nSPS) is 15.2. The van der Waals surface area contributed by atoms with Crippen LogP contribution in [-0.4, -0.2) is 24.9 Å². The van der Waals surface area contributed by atoms with Gasteiger partial charge in [0.25, 0.3) is 0 Å². The summed E-state index contributed by atoms with van der Waals surface area (Å²) in [5.41, 5.74) is 0.895. The summed E-state index contributed by atoms with van der Waals surface area (Å²) in [6.45, 7) is 1.88. The summed E-state index contributed by atoms with van der Waals surface area (Å²) >= 11 is 1.15. The lowest BCUT2D eigenvalue weighted by Gasteiger charge is -2.19. The Morgan fingerprint density at radius 1 is 1.14 bits per heavy atom. The molecule has 7 heteroatoms. The van der Waals surface area contributed by atoms with E-state index in [0.29, 0.717) is 10.6 Å². The summed E-state index contributed by atoms with van der Waals surface area (Å²) in [5, 5.41) is 2.91. The zero-order chi connectivity index (χ0) is 20.8. The van der Waals surface area contributed by atoms with Crippen LogP contribution in [0.5, 0.6) is 11.5 Å². The first-order valence-electron chi connectivity index (χ1n) is 9.68. The van der Waals surface area contributed by atoms with E-state index in [4.69, 9.17) is 9.47 Å². The van der Waals surface area contributed by atoms with Crippen LogP contribution in [0.4, 0.5) is 8.78 Å². The highest BCUT2D eigenvalue weighted by molar-refractivity contribution is 8.00. The number of benzene rings is 2. The number of ether oxygens (including phenoxy) is 2. The fourth-order valence-corrected chi connectivity index (χ4v) is 4.05. The topological polar surface area (TPSA) is 47.6 Å². The summed E-state index contributed by atoms with van der Waals surface area (Å²) in [6, 6.07) is 9.03. The zero-order valence-corrected chi connectivity index (χ0v) is 17.4. The number of carbonyl (C=O) groups is 1. The number of methoxy groups -OCH3 is 1. The van der Waals surface area contributed by atoms with Gasteiger partial charge in [-0.3, -0.25) is 4.79 Å². The van der Waals surface area contributed by atoms with E-state index in [-0.39, 0.29) is 23.8 Å². The van der Waals surface area contributed by atoms with E-state index in [9.17, 15) is 13.6 Å². The Labute approximate surface area is 174 Å². The molecule has 0 bridgehead atoms. The van der Waals surface area contributed by atoms with E-state index >= 15 is 0 Å². The average Bonchev–Trinajstić information content (AvgIpc) is 3.22. The smallest absolute Gasteiger partial charge is 0.230 e. The fourth-order valence-electron chi connectivity index (χ4n) is 3.32. The van der Waals surface area contributed by atoms with Gasteiger partial charge in [-0.15, -0.1) is 11.8 Å². The second kappa shape index (κ2) is 9.96. The number of hydrogen-bond acceptors (Lipinski definition) is 4. The first-order chi connectivity index (χ1) is 14.0. The van der Waals surface area contributed by atoms with Crippen LogP contribution in [0.3, 0.4) is 0 Å². The molecule has 0 saturated heterocycles. The van der Waals surface area contributed by atoms with Crippen molar-refractivity contribution >= 4 is 17.7 Å². The number of hydrogen-bond donors (Lipinski definition) is 1. The van der Waals surface area contributed by atoms with Crippen molar-refractivity contribution in [3.63, 3.8) is 0 Å². The van der Waals surface area contributed by atoms with Crippen molar-refractivity contribution in [2.75, 3.05) is 12.9 Å². The van der Waals surface area contributed by atoms with Crippen molar-refractivity contribution in [2.24, 2.45) is 0 Å². The number of halogens is 2. The molecule has 156 valence electrons. The minimum absolute atomic E-state index is 0.107. The first kappa shape index (κ1) is 21.4. The predicted octanol–water partition coefficient (Wildman–Crippen LogP) is 5.26. The summed E-state index contributed by atoms with van der Waals surface area (Å²) < 4.78 is 37.7. The van der Waals surface area contributed by atoms with E-state index in [1.165, 1.54) is 18.9 Å². The third-order valence-electron chi connectivity index (χ3n) is 4.92. The van der Waals surface area contributed by atoms with Crippen molar-refractivity contribution < 1.29 is 23.0 Å². The van der Waals surface area contributed by atoms with Gasteiger partial charge in [0.2, 0.25) is 5.91 Å². The minimum atomic E-state index is -0.921. The van der Waals surface area contributed by atoms with Crippen LogP contribution >= 0.6 is 11.8 Å². The van der Waals surface area contributed by atoms with E-state index in [2.05, 4.69) is 5.32 Å². The van der Waals surface area contributed by atoms with E-state index in [1.54, 1.807) is 7.11 Å². The Morgan fingerprint density at radius 3 is 2.59 bits per heavy atom. The van der Waals surface area contributed by atoms with Crippen molar-refractivity contribution in [3.05, 3.63) is 53.6 Å². The molecule has 0 aromatic heterocycles. The Kier molecular flexibility index (Phi) is 7.36. The largest absolute Gasteiger partial charge is 0.493 e. The summed E-state index contributed by atoms with van der Waals surface area (Å²) in [5.74, 6) is -0.549. The molecule has 0 radical (unpaired) electrons. The molecule has 1 atom stereocenters. The van der Waals surface area contributed by atoms with Crippen molar-refractivity contribution in [3.8, 4) is 11.5 Å². The third-order valence-corrected chi connectivity index (χ3v) is 5.92. The molecular formula is C22H25F2NO3S. The van der Waals surface area contributed by atoms with Gasteiger partial charge in [0.05, 0.1) is 25.0 Å². The van der Waals surface area contributed by atoms with Gasteiger partial charge >= 0.3 is 0 Å². The zero-order valence-electron chi connectivity index (χ0n) is 16.5. The molecule has 1 unspecified atom stereocenters. The monoisotopic (exact) mass is 421 g/mol. The Morgan fingerprint density at radius 2 is 1.90 bits per heavy atom. The lowest BCUT2D eigenvalue weighted by molar-refractivity contribution is -0.119. The highest BCUT2D eigenvalue weighted by Gasteiger charge is 2.19. The molecule has 0 heterocycles. The molecule has 1 fully saturated rings. The molecule has 1 aliphatic rings. The van der Waals surface area contributed by atoms with Gasteiger partial charge in [0.1, 0.15) is 0 Å². The molecule has 4 nitrogen and oxygen atoms in total. The fraction of sp³-hybridized carbons (Fsp3) is 0.409. The van der Waals surface area contributed by atoms with Crippen LogP contribution in [0.2, 0.25) is 0 Å². The molecule has 1 saturated carbocycles. The number of carbonyl (C=O) groups excluding carboxylic acids is 1. The average molecular weight is 422 g/mol. The Bertz CT molecular complexity index is 856. The van der Waals surface area contributed by atoms with Crippen LogP contribution in [0, 0.1) is 11.6 Å². The maximum Gasteiger partial charge on any atom is 0.230 e. The SMILES string of the molecule is COc1cc(C(C)NC(=O)CSc2ccc(F)c(F)c2)ccc1OC1CCCC1. The Hall–Kier alpha value is -2.28. The van der Waals surface area contributed by atoms with Crippen molar-refractivity contribution in [1.82, 2.24) is 5.32 Å². The standard InChI is InChI=1S/C22H25F2NO3S/c1-14(25-22(26)13-29-17-8-9-18(23)19(24)12-17)15-7-10-20(21(11-15)27-2)28-16-5-3-4-6-16/h7-12,14,16H,3-6,13H2,1-2H3,(H,25,26). The second-order valence-electron chi connectivity index (χ2n) is 7.09. The number of amides is 1. The molecule has 0 spiro atoms. The van der Waals surface area contributed by atoms with Crippen molar-refractivity contribution in [1.29, 1.82) is 0 Å². The van der Waals surface area contributed by atoms with Gasteiger partial charge in [0, 0.05) is 4.90 Å². The van der Waals surface area contributed by atoms with E-state index < -0.39 is 11.6 Å². The maximum atomic E-state index is 13.3. The molecular weight excluding hydrogens is 396 g/mol. The van der Waals surface area contributed by atoms with Gasteiger partial charge < -0.3 is 14.8 Å². The summed E-state index contributed by atoms with van der Waals surface area (Å²) in [7, 11) is 1.60. The molecule has 1 aliphatic carbocycles. The lowest BCUT2D eigenvalue weighted by atomic mass is 10.1. The van der Waals surface area contributed by atoms with Gasteiger partial charge in [-0.2, -0.15) is 0 Å². The molecule has 2 aromatic carbocycles. The number of nitrogens with one attached hydrogen (secondary N) is 1.